The molecule has 7 heteroatoms. The van der Waals surface area contributed by atoms with Gasteiger partial charge in [0.25, 0.3) is 5.91 Å². The van der Waals surface area contributed by atoms with Gasteiger partial charge in [-0.15, -0.1) is 0 Å². The van der Waals surface area contributed by atoms with Crippen molar-refractivity contribution in [2.45, 2.75) is 33.7 Å². The fourth-order valence-corrected chi connectivity index (χ4v) is 3.28. The normalized spacial score (nSPS) is 12.6. The Bertz CT molecular complexity index is 943. The van der Waals surface area contributed by atoms with Gasteiger partial charge in [0.15, 0.2) is 0 Å². The van der Waals surface area contributed by atoms with Gasteiger partial charge in [0.05, 0.1) is 18.7 Å². The number of fused-ring (bicyclic) bond motifs is 1. The Morgan fingerprint density at radius 2 is 2.03 bits per heavy atom. The van der Waals surface area contributed by atoms with Crippen LogP contribution in [0.2, 0.25) is 0 Å². The fourth-order valence-electron chi connectivity index (χ4n) is 3.28. The number of rotatable bonds is 8. The van der Waals surface area contributed by atoms with Crippen molar-refractivity contribution in [1.29, 1.82) is 0 Å². The molecular weight excluding hydrogens is 374 g/mol. The van der Waals surface area contributed by atoms with Gasteiger partial charge in [-0.05, 0) is 50.6 Å². The summed E-state index contributed by atoms with van der Waals surface area (Å²) in [5.41, 5.74) is 1.44. The molecule has 0 saturated heterocycles. The van der Waals surface area contributed by atoms with E-state index in [1.165, 1.54) is 6.07 Å². The first kappa shape index (κ1) is 20.5. The van der Waals surface area contributed by atoms with E-state index in [1.807, 2.05) is 38.1 Å². The van der Waals surface area contributed by atoms with Gasteiger partial charge in [0.1, 0.15) is 35.2 Å². The van der Waals surface area contributed by atoms with Crippen molar-refractivity contribution in [3.05, 3.63) is 52.5 Å². The zero-order chi connectivity index (χ0) is 21.0. The van der Waals surface area contributed by atoms with E-state index in [4.69, 9.17) is 13.9 Å². The van der Waals surface area contributed by atoms with Crippen LogP contribution in [0.3, 0.4) is 0 Å². The number of carbonyl (C=O) groups excluding carboxylic acids is 1. The third-order valence-corrected chi connectivity index (χ3v) is 4.61. The van der Waals surface area contributed by atoms with Crippen molar-refractivity contribution in [2.75, 3.05) is 19.8 Å². The molecule has 3 rings (SSSR count). The number of amides is 1. The summed E-state index contributed by atoms with van der Waals surface area (Å²) in [6.07, 6.45) is 2.58. The maximum Gasteiger partial charge on any atom is 0.339 e. The second-order valence-electron chi connectivity index (χ2n) is 6.81. The Labute approximate surface area is 169 Å². The van der Waals surface area contributed by atoms with Crippen molar-refractivity contribution in [1.82, 2.24) is 4.90 Å². The topological polar surface area (TPSA) is 89.2 Å². The summed E-state index contributed by atoms with van der Waals surface area (Å²) < 4.78 is 16.8. The molecule has 0 unspecified atom stereocenters. The zero-order valence-electron chi connectivity index (χ0n) is 16.9. The highest BCUT2D eigenvalue weighted by Gasteiger charge is 2.24. The molecule has 1 aromatic carbocycles. The molecule has 0 saturated carbocycles. The highest BCUT2D eigenvalue weighted by atomic mass is 16.5. The molecule has 0 spiro atoms. The molecule has 1 aromatic heterocycles. The van der Waals surface area contributed by atoms with Crippen molar-refractivity contribution in [2.24, 2.45) is 0 Å². The largest absolute Gasteiger partial charge is 0.494 e. The van der Waals surface area contributed by atoms with Gasteiger partial charge >= 0.3 is 5.97 Å². The van der Waals surface area contributed by atoms with E-state index in [9.17, 15) is 14.7 Å². The number of carbonyl (C=O) groups is 2. The van der Waals surface area contributed by atoms with Crippen LogP contribution < -0.4 is 9.47 Å². The average Bonchev–Trinajstić information content (AvgIpc) is 3.07. The number of hydrogen-bond acceptors (Lipinski definition) is 5. The van der Waals surface area contributed by atoms with Gasteiger partial charge in [-0.25, -0.2) is 4.79 Å². The van der Waals surface area contributed by atoms with Gasteiger partial charge < -0.3 is 23.9 Å². The maximum absolute atomic E-state index is 13.1. The molecule has 1 N–H and O–H groups in total. The monoisotopic (exact) mass is 399 g/mol. The van der Waals surface area contributed by atoms with Gasteiger partial charge in [-0.3, -0.25) is 4.79 Å². The van der Waals surface area contributed by atoms with Crippen LogP contribution in [0.5, 0.6) is 11.5 Å². The fraction of sp³-hybridized carbons (Fsp3) is 0.364. The first-order valence-electron chi connectivity index (χ1n) is 9.65. The van der Waals surface area contributed by atoms with E-state index in [0.717, 1.165) is 17.7 Å². The third-order valence-electron chi connectivity index (χ3n) is 4.61. The molecule has 7 nitrogen and oxygen atoms in total. The van der Waals surface area contributed by atoms with Gasteiger partial charge in [-0.1, -0.05) is 6.92 Å². The standard InChI is InChI=1S/C22H25NO6/c1-4-8-23(12-18-11-19(22(25)26)14(3)29-18)21(24)16-9-15-10-17(27-5-2)6-7-20(15)28-13-16/h6-7,9-11H,4-5,8,12-13H2,1-3H3,(H,25,26). The summed E-state index contributed by atoms with van der Waals surface area (Å²) in [4.78, 5) is 26.0. The van der Waals surface area contributed by atoms with Crippen LogP contribution in [0.1, 0.15) is 47.7 Å². The van der Waals surface area contributed by atoms with Crippen molar-refractivity contribution in [3.8, 4) is 11.5 Å². The van der Waals surface area contributed by atoms with Gasteiger partial charge in [0.2, 0.25) is 0 Å². The third kappa shape index (κ3) is 4.62. The minimum Gasteiger partial charge on any atom is -0.494 e. The Morgan fingerprint density at radius 3 is 2.69 bits per heavy atom. The number of nitrogens with zero attached hydrogens (tertiary/aromatic N) is 1. The number of furan rings is 1. The predicted molar refractivity (Wildman–Crippen MR) is 107 cm³/mol. The predicted octanol–water partition coefficient (Wildman–Crippen LogP) is 3.90. The maximum atomic E-state index is 13.1. The Kier molecular flexibility index (Phi) is 6.26. The van der Waals surface area contributed by atoms with E-state index in [0.29, 0.717) is 36.0 Å². The highest BCUT2D eigenvalue weighted by Crippen LogP contribution is 2.31. The molecule has 2 heterocycles. The summed E-state index contributed by atoms with van der Waals surface area (Å²) in [5.74, 6) is 0.991. The van der Waals surface area contributed by atoms with E-state index in [-0.39, 0.29) is 24.6 Å². The first-order chi connectivity index (χ1) is 13.9. The number of carboxylic acids is 1. The van der Waals surface area contributed by atoms with E-state index in [2.05, 4.69) is 0 Å². The lowest BCUT2D eigenvalue weighted by atomic mass is 10.1. The SMILES string of the molecule is CCCN(Cc1cc(C(=O)O)c(C)o1)C(=O)C1=Cc2cc(OCC)ccc2OC1. The Morgan fingerprint density at radius 1 is 1.24 bits per heavy atom. The Hall–Kier alpha value is -3.22. The summed E-state index contributed by atoms with van der Waals surface area (Å²) in [6, 6.07) is 7.00. The number of carboxylic acid groups (broad SMARTS) is 1. The molecule has 1 aliphatic rings. The molecule has 0 radical (unpaired) electrons. The van der Waals surface area contributed by atoms with Gasteiger partial charge in [0, 0.05) is 12.1 Å². The molecule has 2 aromatic rings. The van der Waals surface area contributed by atoms with E-state index in [1.54, 1.807) is 11.8 Å². The summed E-state index contributed by atoms with van der Waals surface area (Å²) in [6.45, 7) is 6.94. The zero-order valence-corrected chi connectivity index (χ0v) is 16.9. The molecule has 0 aliphatic carbocycles. The van der Waals surface area contributed by atoms with Crippen LogP contribution in [0.25, 0.3) is 6.08 Å². The molecule has 154 valence electrons. The summed E-state index contributed by atoms with van der Waals surface area (Å²) in [7, 11) is 0. The van der Waals surface area contributed by atoms with Crippen LogP contribution in [0.15, 0.2) is 34.3 Å². The van der Waals surface area contributed by atoms with E-state index >= 15 is 0 Å². The van der Waals surface area contributed by atoms with Crippen LogP contribution in [-0.4, -0.2) is 41.6 Å². The minimum absolute atomic E-state index is 0.112. The van der Waals surface area contributed by atoms with Crippen molar-refractivity contribution < 1.29 is 28.6 Å². The van der Waals surface area contributed by atoms with Crippen LogP contribution >= 0.6 is 0 Å². The van der Waals surface area contributed by atoms with Crippen LogP contribution in [0.4, 0.5) is 0 Å². The average molecular weight is 399 g/mol. The van der Waals surface area contributed by atoms with Gasteiger partial charge in [-0.2, -0.15) is 0 Å². The quantitative estimate of drug-likeness (QED) is 0.724. The highest BCUT2D eigenvalue weighted by molar-refractivity contribution is 5.99. The molecule has 29 heavy (non-hydrogen) atoms. The smallest absolute Gasteiger partial charge is 0.339 e. The molecule has 1 amide bonds. The Balaban J connectivity index is 1.82. The van der Waals surface area contributed by atoms with Crippen LogP contribution in [-0.2, 0) is 11.3 Å². The van der Waals surface area contributed by atoms with Crippen molar-refractivity contribution in [3.63, 3.8) is 0 Å². The number of benzene rings is 1. The lowest BCUT2D eigenvalue weighted by Crippen LogP contribution is -2.34. The van der Waals surface area contributed by atoms with E-state index < -0.39 is 5.97 Å². The molecule has 0 atom stereocenters. The van der Waals surface area contributed by atoms with Crippen LogP contribution in [0, 0.1) is 6.92 Å². The summed E-state index contributed by atoms with van der Waals surface area (Å²) in [5, 5.41) is 9.21. The second-order valence-corrected chi connectivity index (χ2v) is 6.81. The van der Waals surface area contributed by atoms with Crippen molar-refractivity contribution >= 4 is 18.0 Å². The minimum atomic E-state index is -1.05. The molecule has 0 bridgehead atoms. The number of hydrogen-bond donors (Lipinski definition) is 1. The number of aryl methyl sites for hydroxylation is 1. The molecule has 1 aliphatic heterocycles. The number of aromatic carboxylic acids is 1. The lowest BCUT2D eigenvalue weighted by Gasteiger charge is -2.25. The first-order valence-corrected chi connectivity index (χ1v) is 9.65. The number of ether oxygens (including phenoxy) is 2. The lowest BCUT2D eigenvalue weighted by molar-refractivity contribution is -0.128. The molecule has 0 fully saturated rings. The summed E-state index contributed by atoms with van der Waals surface area (Å²) >= 11 is 0. The molecular formula is C22H25NO6. The second kappa shape index (κ2) is 8.86.